The first kappa shape index (κ1) is 17.8. The van der Waals surface area contributed by atoms with Gasteiger partial charge in [-0.05, 0) is 61.8 Å². The molecule has 4 nitrogen and oxygen atoms in total. The van der Waals surface area contributed by atoms with Gasteiger partial charge in [-0.3, -0.25) is 4.90 Å². The lowest BCUT2D eigenvalue weighted by molar-refractivity contribution is 0.156. The van der Waals surface area contributed by atoms with Gasteiger partial charge in [0.05, 0.1) is 0 Å². The molecule has 142 valence electrons. The number of hydrogen-bond acceptors (Lipinski definition) is 2. The van der Waals surface area contributed by atoms with E-state index in [-0.39, 0.29) is 17.9 Å². The minimum atomic E-state index is -0.226. The van der Waals surface area contributed by atoms with Gasteiger partial charge in [-0.15, -0.1) is 0 Å². The molecule has 1 saturated carbocycles. The van der Waals surface area contributed by atoms with Crippen molar-refractivity contribution in [1.29, 1.82) is 0 Å². The number of amides is 2. The molecule has 4 rings (SSSR count). The molecule has 1 aromatic carbocycles. The Bertz CT molecular complexity index is 636. The van der Waals surface area contributed by atoms with Crippen LogP contribution in [0.15, 0.2) is 18.2 Å². The molecule has 5 heteroatoms. The number of carbonyl (C=O) groups excluding carboxylic acids is 1. The number of urea groups is 1. The molecule has 0 spiro atoms. The van der Waals surface area contributed by atoms with Crippen LogP contribution in [0.5, 0.6) is 0 Å². The van der Waals surface area contributed by atoms with Gasteiger partial charge in [0.2, 0.25) is 0 Å². The average molecular weight is 359 g/mol. The Kier molecular flexibility index (Phi) is 5.44. The predicted octanol–water partition coefficient (Wildman–Crippen LogP) is 3.94. The normalized spacial score (nSPS) is 22.4. The van der Waals surface area contributed by atoms with E-state index < -0.39 is 0 Å². The van der Waals surface area contributed by atoms with Crippen molar-refractivity contribution in [2.45, 2.75) is 57.4 Å². The van der Waals surface area contributed by atoms with Crippen LogP contribution in [-0.2, 0) is 6.42 Å². The lowest BCUT2D eigenvalue weighted by Gasteiger charge is -2.36. The minimum Gasteiger partial charge on any atom is -0.335 e. The van der Waals surface area contributed by atoms with E-state index >= 15 is 0 Å². The molecule has 0 bridgehead atoms. The zero-order valence-corrected chi connectivity index (χ0v) is 15.6. The van der Waals surface area contributed by atoms with Crippen LogP contribution in [0.3, 0.4) is 0 Å². The number of nitrogens with zero attached hydrogens (tertiary/aromatic N) is 2. The number of carbonyl (C=O) groups is 1. The molecule has 2 fully saturated rings. The molecule has 1 aliphatic carbocycles. The van der Waals surface area contributed by atoms with Gasteiger partial charge in [0, 0.05) is 37.9 Å². The molecule has 0 unspecified atom stereocenters. The van der Waals surface area contributed by atoms with Crippen molar-refractivity contribution in [2.24, 2.45) is 5.92 Å². The Balaban J connectivity index is 1.25. The van der Waals surface area contributed by atoms with Crippen LogP contribution in [0.2, 0.25) is 0 Å². The Morgan fingerprint density at radius 2 is 1.85 bits per heavy atom. The van der Waals surface area contributed by atoms with E-state index in [1.807, 2.05) is 0 Å². The standard InChI is InChI=1S/C21H30FN3O/c22-18-6-7-20-17(14-18)8-13-25(20)21(26)23-19-9-11-24(12-10-19)15-16-4-2-1-3-5-16/h6-7,14,16,19H,1-5,8-13,15H2,(H,23,26). The highest BCUT2D eigenvalue weighted by Gasteiger charge is 2.28. The number of benzene rings is 1. The summed E-state index contributed by atoms with van der Waals surface area (Å²) in [6.07, 6.45) is 9.80. The first-order chi connectivity index (χ1) is 12.7. The van der Waals surface area contributed by atoms with Gasteiger partial charge in [-0.1, -0.05) is 19.3 Å². The summed E-state index contributed by atoms with van der Waals surface area (Å²) in [5.74, 6) is 0.660. The van der Waals surface area contributed by atoms with E-state index in [1.165, 1.54) is 44.7 Å². The van der Waals surface area contributed by atoms with Crippen molar-refractivity contribution in [3.05, 3.63) is 29.6 Å². The minimum absolute atomic E-state index is 0.0268. The number of anilines is 1. The smallest absolute Gasteiger partial charge is 0.322 e. The largest absolute Gasteiger partial charge is 0.335 e. The summed E-state index contributed by atoms with van der Waals surface area (Å²) in [6, 6.07) is 4.94. The monoisotopic (exact) mass is 359 g/mol. The fraction of sp³-hybridized carbons (Fsp3) is 0.667. The Morgan fingerprint density at radius 3 is 2.62 bits per heavy atom. The molecule has 2 aliphatic heterocycles. The van der Waals surface area contributed by atoms with Crippen LogP contribution >= 0.6 is 0 Å². The first-order valence-electron chi connectivity index (χ1n) is 10.3. The van der Waals surface area contributed by atoms with Gasteiger partial charge in [0.25, 0.3) is 0 Å². The number of halogens is 1. The van der Waals surface area contributed by atoms with Crippen LogP contribution in [-0.4, -0.2) is 43.2 Å². The second-order valence-electron chi connectivity index (χ2n) is 8.20. The summed E-state index contributed by atoms with van der Waals surface area (Å²) in [5.41, 5.74) is 1.79. The summed E-state index contributed by atoms with van der Waals surface area (Å²) in [5, 5.41) is 3.21. The maximum absolute atomic E-state index is 13.3. The molecule has 1 N–H and O–H groups in total. The molecule has 2 amide bonds. The van der Waals surface area contributed by atoms with Crippen molar-refractivity contribution >= 4 is 11.7 Å². The molecule has 2 heterocycles. The van der Waals surface area contributed by atoms with E-state index in [4.69, 9.17) is 0 Å². The van der Waals surface area contributed by atoms with Gasteiger partial charge in [-0.2, -0.15) is 0 Å². The number of rotatable bonds is 3. The lowest BCUT2D eigenvalue weighted by Crippen LogP contribution is -2.49. The Labute approximate surface area is 155 Å². The molecular weight excluding hydrogens is 329 g/mol. The summed E-state index contributed by atoms with van der Waals surface area (Å²) < 4.78 is 13.3. The third-order valence-corrected chi connectivity index (χ3v) is 6.34. The molecule has 0 aromatic heterocycles. The molecule has 3 aliphatic rings. The number of nitrogens with one attached hydrogen (secondary N) is 1. The molecule has 1 aromatic rings. The topological polar surface area (TPSA) is 35.6 Å². The summed E-state index contributed by atoms with van der Waals surface area (Å²) in [4.78, 5) is 17.0. The highest BCUT2D eigenvalue weighted by molar-refractivity contribution is 5.94. The average Bonchev–Trinajstić information content (AvgIpc) is 3.07. The number of piperidine rings is 1. The molecule has 0 radical (unpaired) electrons. The van der Waals surface area contributed by atoms with Crippen molar-refractivity contribution < 1.29 is 9.18 Å². The van der Waals surface area contributed by atoms with Crippen LogP contribution in [0.25, 0.3) is 0 Å². The zero-order valence-electron chi connectivity index (χ0n) is 15.6. The third kappa shape index (κ3) is 4.03. The fourth-order valence-electron chi connectivity index (χ4n) is 4.83. The summed E-state index contributed by atoms with van der Waals surface area (Å²) in [7, 11) is 0. The van der Waals surface area contributed by atoms with Crippen LogP contribution in [0.1, 0.15) is 50.5 Å². The predicted molar refractivity (Wildman–Crippen MR) is 102 cm³/mol. The molecule has 26 heavy (non-hydrogen) atoms. The van der Waals surface area contributed by atoms with Gasteiger partial charge in [0.15, 0.2) is 0 Å². The number of fused-ring (bicyclic) bond motifs is 1. The van der Waals surface area contributed by atoms with E-state index in [9.17, 15) is 9.18 Å². The first-order valence-corrected chi connectivity index (χ1v) is 10.3. The number of likely N-dealkylation sites (tertiary alicyclic amines) is 1. The maximum Gasteiger partial charge on any atom is 0.322 e. The molecule has 0 atom stereocenters. The molecular formula is C21H30FN3O. The van der Waals surface area contributed by atoms with Crippen LogP contribution in [0, 0.1) is 11.7 Å². The van der Waals surface area contributed by atoms with Crippen molar-refractivity contribution in [1.82, 2.24) is 10.2 Å². The number of hydrogen-bond donors (Lipinski definition) is 1. The lowest BCUT2D eigenvalue weighted by atomic mass is 9.88. The van der Waals surface area contributed by atoms with Crippen LogP contribution < -0.4 is 10.2 Å². The second-order valence-corrected chi connectivity index (χ2v) is 8.20. The van der Waals surface area contributed by atoms with E-state index in [0.717, 1.165) is 49.5 Å². The van der Waals surface area contributed by atoms with Crippen LogP contribution in [0.4, 0.5) is 14.9 Å². The SMILES string of the molecule is O=C(NC1CCN(CC2CCCCC2)CC1)N1CCc2cc(F)ccc21. The Hall–Kier alpha value is -1.62. The van der Waals surface area contributed by atoms with Gasteiger partial charge in [-0.25, -0.2) is 9.18 Å². The van der Waals surface area contributed by atoms with E-state index in [0.29, 0.717) is 6.54 Å². The van der Waals surface area contributed by atoms with E-state index in [1.54, 1.807) is 17.0 Å². The van der Waals surface area contributed by atoms with Crippen molar-refractivity contribution in [3.8, 4) is 0 Å². The van der Waals surface area contributed by atoms with Crippen molar-refractivity contribution in [2.75, 3.05) is 31.1 Å². The highest BCUT2D eigenvalue weighted by atomic mass is 19.1. The maximum atomic E-state index is 13.3. The van der Waals surface area contributed by atoms with E-state index in [2.05, 4.69) is 10.2 Å². The Morgan fingerprint density at radius 1 is 1.08 bits per heavy atom. The van der Waals surface area contributed by atoms with Crippen molar-refractivity contribution in [3.63, 3.8) is 0 Å². The quantitative estimate of drug-likeness (QED) is 0.887. The highest BCUT2D eigenvalue weighted by Crippen LogP contribution is 2.29. The summed E-state index contributed by atoms with van der Waals surface area (Å²) in [6.45, 7) is 4.06. The summed E-state index contributed by atoms with van der Waals surface area (Å²) >= 11 is 0. The third-order valence-electron chi connectivity index (χ3n) is 6.34. The van der Waals surface area contributed by atoms with Gasteiger partial charge < -0.3 is 10.2 Å². The molecule has 1 saturated heterocycles. The van der Waals surface area contributed by atoms with Gasteiger partial charge in [0.1, 0.15) is 5.82 Å². The fourth-order valence-corrected chi connectivity index (χ4v) is 4.83. The zero-order chi connectivity index (χ0) is 17.9. The second kappa shape index (κ2) is 7.95. The van der Waals surface area contributed by atoms with Gasteiger partial charge >= 0.3 is 6.03 Å².